The molecule has 148 valence electrons. The van der Waals surface area contributed by atoms with E-state index in [1.165, 1.54) is 12.4 Å². The van der Waals surface area contributed by atoms with Crippen LogP contribution in [0.3, 0.4) is 0 Å². The Hall–Kier alpha value is -2.39. The van der Waals surface area contributed by atoms with Crippen LogP contribution in [0.2, 0.25) is 0 Å². The van der Waals surface area contributed by atoms with Gasteiger partial charge in [0, 0.05) is 26.0 Å². The minimum Gasteiger partial charge on any atom is -0.444 e. The minimum atomic E-state index is -2.65. The van der Waals surface area contributed by atoms with Crippen molar-refractivity contribution in [3.63, 3.8) is 0 Å². The monoisotopic (exact) mass is 374 g/mol. The number of imidazole rings is 1. The lowest BCUT2D eigenvalue weighted by molar-refractivity contribution is 0.0473. The molecule has 1 rings (SSSR count). The van der Waals surface area contributed by atoms with Crippen molar-refractivity contribution in [2.75, 3.05) is 13.6 Å². The van der Waals surface area contributed by atoms with E-state index >= 15 is 0 Å². The summed E-state index contributed by atoms with van der Waals surface area (Å²) in [6, 6.07) is 0. The first-order chi connectivity index (χ1) is 11.9. The molecular weight excluding hydrogens is 346 g/mol. The summed E-state index contributed by atoms with van der Waals surface area (Å²) in [7, 11) is 1.56. The van der Waals surface area contributed by atoms with E-state index in [0.717, 1.165) is 4.57 Å². The van der Waals surface area contributed by atoms with Gasteiger partial charge in [-0.1, -0.05) is 0 Å². The molecule has 0 fully saturated rings. The third kappa shape index (κ3) is 7.66. The van der Waals surface area contributed by atoms with Gasteiger partial charge >= 0.3 is 12.6 Å². The molecule has 1 aromatic rings. The average molecular weight is 374 g/mol. The average Bonchev–Trinajstić information content (AvgIpc) is 2.93. The van der Waals surface area contributed by atoms with Gasteiger partial charge in [-0.3, -0.25) is 9.56 Å². The highest BCUT2D eigenvalue weighted by Gasteiger charge is 2.24. The molecule has 0 aliphatic heterocycles. The fourth-order valence-electron chi connectivity index (χ4n) is 1.97. The number of hydrogen-bond acceptors (Lipinski definition) is 4. The topological polar surface area (TPSA) is 92.6 Å². The fraction of sp³-hybridized carbons (Fsp3) is 0.688. The van der Waals surface area contributed by atoms with E-state index in [-0.39, 0.29) is 12.4 Å². The molecule has 0 bridgehead atoms. The fourth-order valence-corrected chi connectivity index (χ4v) is 1.97. The van der Waals surface area contributed by atoms with E-state index in [0.29, 0.717) is 12.5 Å². The van der Waals surface area contributed by atoms with Crippen LogP contribution < -0.4 is 16.0 Å². The molecule has 3 N–H and O–H groups in total. The first-order valence-electron chi connectivity index (χ1n) is 8.19. The largest absolute Gasteiger partial charge is 0.444 e. The number of nitrogens with zero attached hydrogens (tertiary/aromatic N) is 3. The second-order valence-corrected chi connectivity index (χ2v) is 7.32. The molecule has 1 aromatic heterocycles. The van der Waals surface area contributed by atoms with Crippen LogP contribution in [0.4, 0.5) is 13.6 Å². The lowest BCUT2D eigenvalue weighted by Gasteiger charge is -2.29. The number of nitrogens with one attached hydrogen (secondary N) is 3. The summed E-state index contributed by atoms with van der Waals surface area (Å²) in [5.41, 5.74) is -1.21. The number of aliphatic imine (C=N–C) groups is 1. The second-order valence-electron chi connectivity index (χ2n) is 7.32. The highest BCUT2D eigenvalue weighted by Crippen LogP contribution is 2.12. The molecule has 1 amide bonds. The van der Waals surface area contributed by atoms with Crippen molar-refractivity contribution in [2.24, 2.45) is 4.99 Å². The first-order valence-corrected chi connectivity index (χ1v) is 8.19. The zero-order valence-corrected chi connectivity index (χ0v) is 16.1. The SMILES string of the molecule is CN=C(NCc1nccn1C(F)F)NCC(C)(C)NC(=O)OC(C)(C)C. The van der Waals surface area contributed by atoms with Crippen LogP contribution >= 0.6 is 0 Å². The third-order valence-electron chi connectivity index (χ3n) is 3.13. The van der Waals surface area contributed by atoms with Crippen LogP contribution in [0.1, 0.15) is 47.0 Å². The van der Waals surface area contributed by atoms with Gasteiger partial charge in [0.15, 0.2) is 5.96 Å². The number of carbonyl (C=O) groups is 1. The Morgan fingerprint density at radius 3 is 2.50 bits per heavy atom. The van der Waals surface area contributed by atoms with Gasteiger partial charge in [-0.15, -0.1) is 0 Å². The summed E-state index contributed by atoms with van der Waals surface area (Å²) < 4.78 is 31.6. The number of alkyl carbamates (subject to hydrolysis) is 1. The predicted octanol–water partition coefficient (Wildman–Crippen LogP) is 2.25. The van der Waals surface area contributed by atoms with Crippen LogP contribution in [-0.4, -0.2) is 46.3 Å². The molecule has 0 spiro atoms. The Kier molecular flexibility index (Phi) is 7.34. The van der Waals surface area contributed by atoms with Crippen LogP contribution in [0, 0.1) is 0 Å². The summed E-state index contributed by atoms with van der Waals surface area (Å²) >= 11 is 0. The first kappa shape index (κ1) is 21.7. The van der Waals surface area contributed by atoms with Crippen molar-refractivity contribution in [1.82, 2.24) is 25.5 Å². The molecule has 0 aromatic carbocycles. The smallest absolute Gasteiger partial charge is 0.408 e. The Morgan fingerprint density at radius 1 is 1.31 bits per heavy atom. The van der Waals surface area contributed by atoms with Crippen LogP contribution in [0.25, 0.3) is 0 Å². The molecule has 10 heteroatoms. The van der Waals surface area contributed by atoms with Crippen molar-refractivity contribution in [3.8, 4) is 0 Å². The molecule has 0 aliphatic rings. The molecule has 0 aliphatic carbocycles. The maximum absolute atomic E-state index is 12.8. The molecule has 0 saturated carbocycles. The summed E-state index contributed by atoms with van der Waals surface area (Å²) in [5.74, 6) is 0.585. The Labute approximate surface area is 152 Å². The van der Waals surface area contributed by atoms with Crippen LogP contribution in [0.15, 0.2) is 17.4 Å². The minimum absolute atomic E-state index is 0.0803. The number of carbonyl (C=O) groups excluding carboxylic acids is 1. The second kappa shape index (κ2) is 8.81. The van der Waals surface area contributed by atoms with Crippen LogP contribution in [0.5, 0.6) is 0 Å². The summed E-state index contributed by atoms with van der Waals surface area (Å²) in [5, 5.41) is 8.71. The number of guanidine groups is 1. The molecule has 26 heavy (non-hydrogen) atoms. The van der Waals surface area contributed by atoms with Crippen molar-refractivity contribution >= 4 is 12.1 Å². The van der Waals surface area contributed by atoms with E-state index in [4.69, 9.17) is 4.74 Å². The van der Waals surface area contributed by atoms with Crippen molar-refractivity contribution in [3.05, 3.63) is 18.2 Å². The number of amides is 1. The van der Waals surface area contributed by atoms with E-state index in [2.05, 4.69) is 25.9 Å². The Morgan fingerprint density at radius 2 is 1.96 bits per heavy atom. The van der Waals surface area contributed by atoms with Gasteiger partial charge in [0.05, 0.1) is 12.1 Å². The highest BCUT2D eigenvalue weighted by atomic mass is 19.3. The van der Waals surface area contributed by atoms with Gasteiger partial charge < -0.3 is 20.7 Å². The number of halogens is 2. The predicted molar refractivity (Wildman–Crippen MR) is 95.1 cm³/mol. The van der Waals surface area contributed by atoms with Gasteiger partial charge in [-0.05, 0) is 34.6 Å². The maximum Gasteiger partial charge on any atom is 0.408 e. The number of ether oxygens (including phenoxy) is 1. The number of hydrogen-bond donors (Lipinski definition) is 3. The number of rotatable bonds is 6. The lowest BCUT2D eigenvalue weighted by atomic mass is 10.1. The Bertz CT molecular complexity index is 623. The van der Waals surface area contributed by atoms with Gasteiger partial charge in [-0.2, -0.15) is 8.78 Å². The summed E-state index contributed by atoms with van der Waals surface area (Å²) in [4.78, 5) is 19.8. The van der Waals surface area contributed by atoms with E-state index < -0.39 is 23.8 Å². The molecule has 0 radical (unpaired) electrons. The molecule has 0 unspecified atom stereocenters. The maximum atomic E-state index is 12.8. The van der Waals surface area contributed by atoms with Crippen molar-refractivity contribution < 1.29 is 18.3 Å². The zero-order valence-electron chi connectivity index (χ0n) is 16.1. The van der Waals surface area contributed by atoms with Gasteiger partial charge in [-0.25, -0.2) is 9.78 Å². The molecular formula is C16H28F2N6O2. The molecule has 0 atom stereocenters. The zero-order chi connectivity index (χ0) is 20.0. The normalized spacial score (nSPS) is 12.9. The lowest BCUT2D eigenvalue weighted by Crippen LogP contribution is -2.54. The molecule has 0 saturated heterocycles. The quantitative estimate of drug-likeness (QED) is 0.525. The van der Waals surface area contributed by atoms with Gasteiger partial charge in [0.1, 0.15) is 11.4 Å². The van der Waals surface area contributed by atoms with Crippen molar-refractivity contribution in [1.29, 1.82) is 0 Å². The van der Waals surface area contributed by atoms with E-state index in [1.54, 1.807) is 27.8 Å². The van der Waals surface area contributed by atoms with Crippen molar-refractivity contribution in [2.45, 2.75) is 58.9 Å². The molecule has 1 heterocycles. The number of alkyl halides is 2. The van der Waals surface area contributed by atoms with Crippen LogP contribution in [-0.2, 0) is 11.3 Å². The highest BCUT2D eigenvalue weighted by molar-refractivity contribution is 5.79. The standard InChI is InChI=1S/C16H28F2N6O2/c1-15(2,3)26-14(25)23-16(4,5)10-22-13(19-6)21-9-11-20-7-8-24(11)12(17)18/h7-8,12H,9-10H2,1-6H3,(H,23,25)(H2,19,21,22). The third-order valence-corrected chi connectivity index (χ3v) is 3.13. The van der Waals surface area contributed by atoms with E-state index in [1.807, 2.05) is 13.8 Å². The van der Waals surface area contributed by atoms with E-state index in [9.17, 15) is 13.6 Å². The summed E-state index contributed by atoms with van der Waals surface area (Å²) in [6.07, 6.45) is 2.00. The Balaban J connectivity index is 2.52. The summed E-state index contributed by atoms with van der Waals surface area (Å²) in [6.45, 7) is 6.77. The molecule has 8 nitrogen and oxygen atoms in total. The number of aromatic nitrogens is 2. The van der Waals surface area contributed by atoms with Gasteiger partial charge in [0.25, 0.3) is 0 Å². The van der Waals surface area contributed by atoms with Gasteiger partial charge in [0.2, 0.25) is 0 Å².